The number of rotatable bonds is 4. The number of morpholine rings is 1. The van der Waals surface area contributed by atoms with Gasteiger partial charge in [-0.05, 0) is 38.3 Å². The van der Waals surface area contributed by atoms with E-state index in [2.05, 4.69) is 14.9 Å². The number of carbonyl (C=O) groups excluding carboxylic acids is 1. The first-order chi connectivity index (χ1) is 12.3. The molecule has 3 fully saturated rings. The number of piperidine rings is 1. The highest BCUT2D eigenvalue weighted by molar-refractivity contribution is 5.79. The fourth-order valence-corrected chi connectivity index (χ4v) is 4.77. The first kappa shape index (κ1) is 17.0. The number of aromatic nitrogens is 2. The standard InChI is InChI=1S/C19H30N4O2/c24-19(23-12-13-25-18-8-2-1-7-17(18)23)15-21-10-4-3-6-16(21)14-22-11-5-9-20-22/h5,9,11,16-18H,1-4,6-8,10,12-15H2/t16-,17-,18-/m1/s1. The summed E-state index contributed by atoms with van der Waals surface area (Å²) in [5.41, 5.74) is 0. The molecule has 25 heavy (non-hydrogen) atoms. The fraction of sp³-hybridized carbons (Fsp3) is 0.789. The minimum absolute atomic E-state index is 0.271. The van der Waals surface area contributed by atoms with Gasteiger partial charge in [0, 0.05) is 25.0 Å². The van der Waals surface area contributed by atoms with E-state index in [1.807, 2.05) is 23.1 Å². The number of hydrogen-bond donors (Lipinski definition) is 0. The minimum atomic E-state index is 0.271. The van der Waals surface area contributed by atoms with Crippen molar-refractivity contribution in [3.8, 4) is 0 Å². The maximum atomic E-state index is 13.1. The van der Waals surface area contributed by atoms with Gasteiger partial charge in [0.15, 0.2) is 0 Å². The summed E-state index contributed by atoms with van der Waals surface area (Å²) in [5.74, 6) is 0.299. The molecular weight excluding hydrogens is 316 g/mol. The monoisotopic (exact) mass is 346 g/mol. The van der Waals surface area contributed by atoms with E-state index < -0.39 is 0 Å². The number of carbonyl (C=O) groups is 1. The van der Waals surface area contributed by atoms with Crippen molar-refractivity contribution >= 4 is 5.91 Å². The Morgan fingerprint density at radius 2 is 2.00 bits per heavy atom. The van der Waals surface area contributed by atoms with Gasteiger partial charge in [-0.3, -0.25) is 14.4 Å². The Morgan fingerprint density at radius 1 is 1.12 bits per heavy atom. The van der Waals surface area contributed by atoms with Crippen LogP contribution in [0.25, 0.3) is 0 Å². The zero-order valence-electron chi connectivity index (χ0n) is 15.1. The number of hydrogen-bond acceptors (Lipinski definition) is 4. The van der Waals surface area contributed by atoms with Crippen LogP contribution in [-0.4, -0.2) is 69.9 Å². The van der Waals surface area contributed by atoms with E-state index in [1.165, 1.54) is 25.7 Å². The molecule has 0 spiro atoms. The number of nitrogens with zero attached hydrogens (tertiary/aromatic N) is 4. The van der Waals surface area contributed by atoms with E-state index in [4.69, 9.17) is 4.74 Å². The molecule has 3 atom stereocenters. The van der Waals surface area contributed by atoms with Crippen molar-refractivity contribution in [3.05, 3.63) is 18.5 Å². The summed E-state index contributed by atoms with van der Waals surface area (Å²) in [6, 6.07) is 2.69. The average Bonchev–Trinajstić information content (AvgIpc) is 3.16. The molecule has 1 saturated carbocycles. The van der Waals surface area contributed by atoms with E-state index in [0.29, 0.717) is 31.1 Å². The maximum Gasteiger partial charge on any atom is 0.237 e. The number of fused-ring (bicyclic) bond motifs is 1. The Labute approximate surface area is 150 Å². The summed E-state index contributed by atoms with van der Waals surface area (Å²) >= 11 is 0. The third kappa shape index (κ3) is 3.90. The topological polar surface area (TPSA) is 50.6 Å². The predicted molar refractivity (Wildman–Crippen MR) is 95.1 cm³/mol. The molecule has 0 bridgehead atoms. The highest BCUT2D eigenvalue weighted by Crippen LogP contribution is 2.29. The third-order valence-corrected chi connectivity index (χ3v) is 6.10. The molecule has 6 nitrogen and oxygen atoms in total. The van der Waals surface area contributed by atoms with Gasteiger partial charge < -0.3 is 9.64 Å². The summed E-state index contributed by atoms with van der Waals surface area (Å²) in [5, 5.41) is 4.35. The molecule has 1 amide bonds. The second-order valence-electron chi connectivity index (χ2n) is 7.70. The van der Waals surface area contributed by atoms with Gasteiger partial charge in [0.05, 0.1) is 31.8 Å². The van der Waals surface area contributed by atoms with Crippen LogP contribution in [-0.2, 0) is 16.1 Å². The Hall–Kier alpha value is -1.40. The van der Waals surface area contributed by atoms with E-state index >= 15 is 0 Å². The minimum Gasteiger partial charge on any atom is -0.374 e. The van der Waals surface area contributed by atoms with Crippen molar-refractivity contribution in [2.24, 2.45) is 0 Å². The Bertz CT molecular complexity index is 560. The molecule has 3 heterocycles. The lowest BCUT2D eigenvalue weighted by Gasteiger charge is -2.45. The Balaban J connectivity index is 1.39. The molecule has 0 unspecified atom stereocenters. The quantitative estimate of drug-likeness (QED) is 0.836. The first-order valence-electron chi connectivity index (χ1n) is 9.94. The molecule has 4 rings (SSSR count). The van der Waals surface area contributed by atoms with Crippen LogP contribution in [0.4, 0.5) is 0 Å². The molecule has 6 heteroatoms. The van der Waals surface area contributed by atoms with E-state index in [0.717, 1.165) is 38.9 Å². The maximum absolute atomic E-state index is 13.1. The average molecular weight is 346 g/mol. The normalized spacial score (nSPS) is 30.9. The molecular formula is C19H30N4O2. The van der Waals surface area contributed by atoms with E-state index in [-0.39, 0.29) is 6.10 Å². The highest BCUT2D eigenvalue weighted by Gasteiger charge is 2.37. The van der Waals surface area contributed by atoms with Crippen LogP contribution < -0.4 is 0 Å². The van der Waals surface area contributed by atoms with E-state index in [9.17, 15) is 4.79 Å². The van der Waals surface area contributed by atoms with E-state index in [1.54, 1.807) is 0 Å². The van der Waals surface area contributed by atoms with Crippen LogP contribution in [0.3, 0.4) is 0 Å². The zero-order chi connectivity index (χ0) is 17.1. The lowest BCUT2D eigenvalue weighted by Crippen LogP contribution is -2.57. The molecule has 138 valence electrons. The number of ether oxygens (including phenoxy) is 1. The van der Waals surface area contributed by atoms with Gasteiger partial charge >= 0.3 is 0 Å². The van der Waals surface area contributed by atoms with Crippen LogP contribution >= 0.6 is 0 Å². The van der Waals surface area contributed by atoms with Gasteiger partial charge in [0.1, 0.15) is 0 Å². The summed E-state index contributed by atoms with van der Waals surface area (Å²) in [6.45, 7) is 3.92. The lowest BCUT2D eigenvalue weighted by molar-refractivity contribution is -0.151. The van der Waals surface area contributed by atoms with Crippen molar-refractivity contribution in [1.29, 1.82) is 0 Å². The van der Waals surface area contributed by atoms with Gasteiger partial charge in [-0.1, -0.05) is 19.3 Å². The second kappa shape index (κ2) is 7.87. The molecule has 0 N–H and O–H groups in total. The van der Waals surface area contributed by atoms with Crippen LogP contribution in [0.1, 0.15) is 44.9 Å². The van der Waals surface area contributed by atoms with Crippen molar-refractivity contribution in [1.82, 2.24) is 19.6 Å². The number of likely N-dealkylation sites (tertiary alicyclic amines) is 1. The Kier molecular flexibility index (Phi) is 5.36. The van der Waals surface area contributed by atoms with Gasteiger partial charge in [-0.2, -0.15) is 5.10 Å². The molecule has 0 radical (unpaired) electrons. The molecule has 3 aliphatic rings. The third-order valence-electron chi connectivity index (χ3n) is 6.10. The first-order valence-corrected chi connectivity index (χ1v) is 9.94. The predicted octanol–water partition coefficient (Wildman–Crippen LogP) is 1.91. The summed E-state index contributed by atoms with van der Waals surface area (Å²) < 4.78 is 7.92. The van der Waals surface area contributed by atoms with Crippen molar-refractivity contribution in [3.63, 3.8) is 0 Å². The van der Waals surface area contributed by atoms with Crippen molar-refractivity contribution < 1.29 is 9.53 Å². The second-order valence-corrected chi connectivity index (χ2v) is 7.70. The van der Waals surface area contributed by atoms with Crippen molar-refractivity contribution in [2.75, 3.05) is 26.2 Å². The molecule has 0 aromatic carbocycles. The van der Waals surface area contributed by atoms with Crippen LogP contribution in [0.5, 0.6) is 0 Å². The van der Waals surface area contributed by atoms with Crippen molar-refractivity contribution in [2.45, 2.75) is 69.7 Å². The summed E-state index contributed by atoms with van der Waals surface area (Å²) in [7, 11) is 0. The van der Waals surface area contributed by atoms with Gasteiger partial charge in [0.2, 0.25) is 5.91 Å². The number of amides is 1. The lowest BCUT2D eigenvalue weighted by atomic mass is 9.90. The van der Waals surface area contributed by atoms with Gasteiger partial charge in [-0.25, -0.2) is 0 Å². The fourth-order valence-electron chi connectivity index (χ4n) is 4.77. The molecule has 2 aliphatic heterocycles. The van der Waals surface area contributed by atoms with Crippen LogP contribution in [0, 0.1) is 0 Å². The van der Waals surface area contributed by atoms with Gasteiger partial charge in [0.25, 0.3) is 0 Å². The SMILES string of the molecule is O=C(CN1CCCC[C@@H]1Cn1cccn1)N1CCO[C@@H]2CCCC[C@H]21. The molecule has 1 aromatic heterocycles. The molecule has 2 saturated heterocycles. The summed E-state index contributed by atoms with van der Waals surface area (Å²) in [4.78, 5) is 17.6. The molecule has 1 aromatic rings. The zero-order valence-corrected chi connectivity index (χ0v) is 15.1. The van der Waals surface area contributed by atoms with Crippen LogP contribution in [0.15, 0.2) is 18.5 Å². The van der Waals surface area contributed by atoms with Gasteiger partial charge in [-0.15, -0.1) is 0 Å². The Morgan fingerprint density at radius 3 is 2.88 bits per heavy atom. The smallest absolute Gasteiger partial charge is 0.237 e. The van der Waals surface area contributed by atoms with Crippen LogP contribution in [0.2, 0.25) is 0 Å². The molecule has 1 aliphatic carbocycles. The highest BCUT2D eigenvalue weighted by atomic mass is 16.5. The summed E-state index contributed by atoms with van der Waals surface area (Å²) in [6.07, 6.45) is 12.4. The largest absolute Gasteiger partial charge is 0.374 e.